The number of esters is 1. The summed E-state index contributed by atoms with van der Waals surface area (Å²) < 4.78 is 4.27. The van der Waals surface area contributed by atoms with Gasteiger partial charge in [-0.15, -0.1) is 0 Å². The number of methoxy groups -OCH3 is 1. The van der Waals surface area contributed by atoms with Gasteiger partial charge in [-0.1, -0.05) is 31.9 Å². The summed E-state index contributed by atoms with van der Waals surface area (Å²) in [5, 5.41) is 24.1. The molecule has 0 radical (unpaired) electrons. The molecule has 0 spiro atoms. The van der Waals surface area contributed by atoms with Crippen LogP contribution in [0.25, 0.3) is 6.08 Å². The van der Waals surface area contributed by atoms with Gasteiger partial charge in [0.15, 0.2) is 0 Å². The van der Waals surface area contributed by atoms with E-state index in [9.17, 15) is 14.4 Å². The van der Waals surface area contributed by atoms with Crippen LogP contribution in [0.15, 0.2) is 67.3 Å². The average Bonchev–Trinajstić information content (AvgIpc) is 2.69. The van der Waals surface area contributed by atoms with Crippen molar-refractivity contribution in [1.82, 2.24) is 0 Å². The maximum absolute atomic E-state index is 10.7. The number of hydrogen-bond donors (Lipinski definition) is 3. The van der Waals surface area contributed by atoms with Crippen LogP contribution in [0.4, 0.5) is 0 Å². The number of aromatic hydroxyl groups is 1. The summed E-state index contributed by atoms with van der Waals surface area (Å²) >= 11 is 0. The fraction of sp³-hybridized carbons (Fsp3) is 0.143. The molecule has 0 heterocycles. The summed E-state index contributed by atoms with van der Waals surface area (Å²) in [7, 11) is 1.33. The Bertz CT molecular complexity index is 771. The average molecular weight is 402 g/mol. The fourth-order valence-electron chi connectivity index (χ4n) is 1.07. The van der Waals surface area contributed by atoms with Crippen LogP contribution in [-0.2, 0) is 19.1 Å². The molecule has 0 saturated heterocycles. The Balaban J connectivity index is -0.000000357. The molecule has 0 aliphatic rings. The highest BCUT2D eigenvalue weighted by molar-refractivity contribution is 5.95. The molecule has 0 bridgehead atoms. The smallest absolute Gasteiger partial charge is 0.332 e. The van der Waals surface area contributed by atoms with Gasteiger partial charge in [0.05, 0.1) is 13.2 Å². The molecule has 0 fully saturated rings. The maximum atomic E-state index is 10.7. The first-order valence-electron chi connectivity index (χ1n) is 7.83. The van der Waals surface area contributed by atoms with Crippen molar-refractivity contribution in [3.8, 4) is 11.8 Å². The van der Waals surface area contributed by atoms with E-state index in [1.165, 1.54) is 13.2 Å². The molecule has 1 amide bonds. The van der Waals surface area contributed by atoms with Gasteiger partial charge < -0.3 is 20.7 Å². The standard InChI is InChI=1S/C10H11NO2.C5H8O2.C3H3N.C3H4O2/c1-7(10(11)13)6-8-2-4-9(12)5-3-8;1-4(2)5(6)7-3;1-2-3-4;1-2-3(4)5/h2-6,12H,1H3,(H2,11,13);1H2,2-3H3;2H,1H2;2H,1H2,(H,4,5)/b7-6+;;;. The van der Waals surface area contributed by atoms with E-state index in [4.69, 9.17) is 21.2 Å². The number of amides is 1. The second-order valence-electron chi connectivity index (χ2n) is 4.93. The van der Waals surface area contributed by atoms with Crippen molar-refractivity contribution < 1.29 is 29.3 Å². The third-order valence-electron chi connectivity index (χ3n) is 2.46. The number of nitriles is 1. The minimum absolute atomic E-state index is 0.203. The van der Waals surface area contributed by atoms with E-state index in [1.54, 1.807) is 50.3 Å². The van der Waals surface area contributed by atoms with Gasteiger partial charge in [0, 0.05) is 23.3 Å². The molecule has 0 atom stereocenters. The van der Waals surface area contributed by atoms with Crippen LogP contribution in [0.3, 0.4) is 0 Å². The quantitative estimate of drug-likeness (QED) is 0.398. The molecule has 29 heavy (non-hydrogen) atoms. The molecular formula is C21H26N2O6. The molecule has 0 aliphatic carbocycles. The molecule has 8 heteroatoms. The lowest BCUT2D eigenvalue weighted by Crippen LogP contribution is -2.11. The molecule has 0 aliphatic heterocycles. The molecule has 4 N–H and O–H groups in total. The molecule has 156 valence electrons. The number of allylic oxidation sites excluding steroid dienone is 1. The number of aliphatic carboxylic acids is 1. The maximum Gasteiger partial charge on any atom is 0.332 e. The van der Waals surface area contributed by atoms with Crippen molar-refractivity contribution >= 4 is 23.9 Å². The number of primary amides is 1. The predicted molar refractivity (Wildman–Crippen MR) is 111 cm³/mol. The SMILES string of the molecule is C/C(=C\c1ccc(O)cc1)C(N)=O.C=C(C)C(=O)OC.C=CC#N.C=CC(=O)O. The van der Waals surface area contributed by atoms with Crippen LogP contribution >= 0.6 is 0 Å². The van der Waals surface area contributed by atoms with Crippen LogP contribution in [0.1, 0.15) is 19.4 Å². The van der Waals surface area contributed by atoms with Gasteiger partial charge in [0.2, 0.25) is 5.91 Å². The van der Waals surface area contributed by atoms with Gasteiger partial charge in [-0.3, -0.25) is 4.79 Å². The summed E-state index contributed by atoms with van der Waals surface area (Å²) in [6, 6.07) is 8.23. The van der Waals surface area contributed by atoms with Gasteiger partial charge in [-0.05, 0) is 37.6 Å². The third kappa shape index (κ3) is 21.8. The summed E-state index contributed by atoms with van der Waals surface area (Å²) in [6.07, 6.45) is 3.68. The third-order valence-corrected chi connectivity index (χ3v) is 2.46. The first-order chi connectivity index (χ1) is 13.5. The number of ether oxygens (including phenoxy) is 1. The molecular weight excluding hydrogens is 376 g/mol. The van der Waals surface area contributed by atoms with Crippen molar-refractivity contribution in [2.75, 3.05) is 7.11 Å². The summed E-state index contributed by atoms with van der Waals surface area (Å²) in [5.41, 5.74) is 6.82. The lowest BCUT2D eigenvalue weighted by atomic mass is 10.1. The Kier molecular flexibility index (Phi) is 19.1. The van der Waals surface area contributed by atoms with Crippen LogP contribution < -0.4 is 5.73 Å². The Morgan fingerprint density at radius 1 is 1.17 bits per heavy atom. The highest BCUT2D eigenvalue weighted by Crippen LogP contribution is 2.12. The van der Waals surface area contributed by atoms with Gasteiger partial charge in [-0.2, -0.15) is 5.26 Å². The van der Waals surface area contributed by atoms with Gasteiger partial charge in [0.1, 0.15) is 5.75 Å². The Morgan fingerprint density at radius 3 is 1.79 bits per heavy atom. The Morgan fingerprint density at radius 2 is 1.59 bits per heavy atom. The van der Waals surface area contributed by atoms with Crippen LogP contribution in [0, 0.1) is 11.3 Å². The number of nitrogens with zero attached hydrogens (tertiary/aromatic N) is 1. The van der Waals surface area contributed by atoms with Gasteiger partial charge in [-0.25, -0.2) is 9.59 Å². The topological polar surface area (TPSA) is 151 Å². The van der Waals surface area contributed by atoms with Gasteiger partial charge >= 0.3 is 11.9 Å². The number of benzene rings is 1. The highest BCUT2D eigenvalue weighted by atomic mass is 16.5. The number of carboxylic acids is 1. The number of carbonyl (C=O) groups is 3. The molecule has 0 saturated carbocycles. The zero-order valence-electron chi connectivity index (χ0n) is 16.7. The minimum Gasteiger partial charge on any atom is -0.508 e. The number of nitrogens with two attached hydrogens (primary N) is 1. The van der Waals surface area contributed by atoms with Crippen molar-refractivity contribution in [3.63, 3.8) is 0 Å². The van der Waals surface area contributed by atoms with E-state index >= 15 is 0 Å². The number of hydrogen-bond acceptors (Lipinski definition) is 6. The first kappa shape index (κ1) is 29.6. The van der Waals surface area contributed by atoms with Crippen LogP contribution in [-0.4, -0.2) is 35.2 Å². The van der Waals surface area contributed by atoms with E-state index in [0.29, 0.717) is 11.1 Å². The second kappa shape index (κ2) is 18.7. The highest BCUT2D eigenvalue weighted by Gasteiger charge is 1.97. The number of carbonyl (C=O) groups excluding carboxylic acids is 2. The fourth-order valence-corrected chi connectivity index (χ4v) is 1.07. The van der Waals surface area contributed by atoms with E-state index in [2.05, 4.69) is 24.5 Å². The zero-order chi connectivity index (χ0) is 23.4. The minimum atomic E-state index is -0.981. The molecule has 1 aromatic carbocycles. The summed E-state index contributed by atoms with van der Waals surface area (Å²) in [4.78, 5) is 30.1. The number of phenolic OH excluding ortho intramolecular Hbond substituents is 1. The number of carboxylic acid groups (broad SMARTS) is 1. The normalized spacial score (nSPS) is 8.55. The van der Waals surface area contributed by atoms with Crippen molar-refractivity contribution in [1.29, 1.82) is 5.26 Å². The first-order valence-corrected chi connectivity index (χ1v) is 7.83. The van der Waals surface area contributed by atoms with E-state index < -0.39 is 11.9 Å². The lowest BCUT2D eigenvalue weighted by molar-refractivity contribution is -0.136. The van der Waals surface area contributed by atoms with Crippen molar-refractivity contribution in [2.45, 2.75) is 13.8 Å². The zero-order valence-corrected chi connectivity index (χ0v) is 16.7. The predicted octanol–water partition coefficient (Wildman–Crippen LogP) is 2.97. The monoisotopic (exact) mass is 402 g/mol. The molecule has 0 unspecified atom stereocenters. The van der Waals surface area contributed by atoms with Crippen molar-refractivity contribution in [3.05, 3.63) is 72.9 Å². The second-order valence-corrected chi connectivity index (χ2v) is 4.93. The molecule has 1 rings (SSSR count). The summed E-state index contributed by atoms with van der Waals surface area (Å²) in [6.45, 7) is 12.7. The largest absolute Gasteiger partial charge is 0.508 e. The summed E-state index contributed by atoms with van der Waals surface area (Å²) in [5.74, 6) is -1.56. The van der Waals surface area contributed by atoms with Crippen molar-refractivity contribution in [2.24, 2.45) is 5.73 Å². The Hall–Kier alpha value is -4.12. The lowest BCUT2D eigenvalue weighted by Gasteiger charge is -1.96. The van der Waals surface area contributed by atoms with Crippen LogP contribution in [0.2, 0.25) is 0 Å². The van der Waals surface area contributed by atoms with E-state index in [0.717, 1.165) is 11.6 Å². The molecule has 0 aromatic heterocycles. The number of phenols is 1. The van der Waals surface area contributed by atoms with E-state index in [1.807, 2.05) is 0 Å². The molecule has 8 nitrogen and oxygen atoms in total. The van der Waals surface area contributed by atoms with Gasteiger partial charge in [0.25, 0.3) is 0 Å². The number of rotatable bonds is 4. The van der Waals surface area contributed by atoms with Crippen LogP contribution in [0.5, 0.6) is 5.75 Å². The molecule has 1 aromatic rings. The Labute approximate surface area is 170 Å². The van der Waals surface area contributed by atoms with E-state index in [-0.39, 0.29) is 11.7 Å².